The Hall–Kier alpha value is -4.05. The summed E-state index contributed by atoms with van der Waals surface area (Å²) >= 11 is 0. The number of carbonyl (C=O) groups excluding carboxylic acids is 1. The molecule has 0 saturated carbocycles. The highest BCUT2D eigenvalue weighted by Gasteiger charge is 2.32. The predicted octanol–water partition coefficient (Wildman–Crippen LogP) is 3.03. The number of aliphatic carboxylic acids is 1. The van der Waals surface area contributed by atoms with E-state index in [1.165, 1.54) is 11.9 Å². The van der Waals surface area contributed by atoms with Crippen molar-refractivity contribution in [3.05, 3.63) is 71.8 Å². The van der Waals surface area contributed by atoms with Gasteiger partial charge in [-0.2, -0.15) is 4.39 Å². The molecule has 2 atom stereocenters. The monoisotopic (exact) mass is 546 g/mol. The van der Waals surface area contributed by atoms with Crippen LogP contribution in [0.1, 0.15) is 24.0 Å². The predicted molar refractivity (Wildman–Crippen MR) is 152 cm³/mol. The van der Waals surface area contributed by atoms with E-state index in [2.05, 4.69) is 44.9 Å². The lowest BCUT2D eigenvalue weighted by Gasteiger charge is -2.34. The summed E-state index contributed by atoms with van der Waals surface area (Å²) in [5, 5.41) is 15.8. The van der Waals surface area contributed by atoms with E-state index < -0.39 is 23.7 Å². The van der Waals surface area contributed by atoms with Gasteiger partial charge in [0.05, 0.1) is 5.92 Å². The van der Waals surface area contributed by atoms with Crippen LogP contribution in [0.25, 0.3) is 11.1 Å². The zero-order valence-electron chi connectivity index (χ0n) is 22.6. The van der Waals surface area contributed by atoms with Gasteiger partial charge in [-0.1, -0.05) is 54.1 Å². The third-order valence-electron chi connectivity index (χ3n) is 7.65. The fourth-order valence-corrected chi connectivity index (χ4v) is 5.36. The van der Waals surface area contributed by atoms with Crippen LogP contribution in [0.2, 0.25) is 0 Å². The van der Waals surface area contributed by atoms with Crippen LogP contribution in [-0.2, 0) is 16.0 Å². The molecule has 1 amide bonds. The summed E-state index contributed by atoms with van der Waals surface area (Å²) in [5.74, 6) is -1.93. The Kier molecular flexibility index (Phi) is 8.54. The number of carboxylic acids is 1. The summed E-state index contributed by atoms with van der Waals surface area (Å²) < 4.78 is 15.5. The first-order chi connectivity index (χ1) is 19.4. The van der Waals surface area contributed by atoms with Crippen molar-refractivity contribution in [3.63, 3.8) is 0 Å². The fourth-order valence-electron chi connectivity index (χ4n) is 5.36. The lowest BCUT2D eigenvalue weighted by atomic mass is 9.95. The van der Waals surface area contributed by atoms with Crippen LogP contribution in [0.4, 0.5) is 16.0 Å². The normalized spacial score (nSPS) is 18.3. The minimum atomic E-state index is -1.09. The summed E-state index contributed by atoms with van der Waals surface area (Å²) in [5.41, 5.74) is 4.13. The van der Waals surface area contributed by atoms with E-state index in [0.29, 0.717) is 32.5 Å². The Labute approximate surface area is 233 Å². The van der Waals surface area contributed by atoms with Crippen LogP contribution in [0.5, 0.6) is 0 Å². The Morgan fingerprint density at radius 2 is 1.62 bits per heavy atom. The van der Waals surface area contributed by atoms with Gasteiger partial charge >= 0.3 is 5.97 Å². The van der Waals surface area contributed by atoms with Gasteiger partial charge in [0.2, 0.25) is 11.7 Å². The highest BCUT2D eigenvalue weighted by Crippen LogP contribution is 2.28. The lowest BCUT2D eigenvalue weighted by Crippen LogP contribution is -2.49. The van der Waals surface area contributed by atoms with E-state index in [4.69, 9.17) is 0 Å². The molecule has 1 aromatic heterocycles. The number of nitrogens with one attached hydrogen (secondary N) is 2. The van der Waals surface area contributed by atoms with Crippen molar-refractivity contribution in [3.8, 4) is 11.1 Å². The number of nitrogens with zero attached hydrogens (tertiary/aromatic N) is 4. The molecule has 1 unspecified atom stereocenters. The van der Waals surface area contributed by atoms with Gasteiger partial charge in [0.15, 0.2) is 11.6 Å². The summed E-state index contributed by atoms with van der Waals surface area (Å²) in [6.07, 6.45) is 2.80. The number of aromatic nitrogens is 2. The number of benzene rings is 2. The maximum atomic E-state index is 15.5. The zero-order valence-corrected chi connectivity index (χ0v) is 22.6. The molecule has 2 aliphatic heterocycles. The summed E-state index contributed by atoms with van der Waals surface area (Å²) in [4.78, 5) is 37.3. The van der Waals surface area contributed by atoms with Crippen molar-refractivity contribution in [1.82, 2.24) is 20.6 Å². The Morgan fingerprint density at radius 1 is 1.00 bits per heavy atom. The highest BCUT2D eigenvalue weighted by atomic mass is 19.1. The van der Waals surface area contributed by atoms with Crippen molar-refractivity contribution in [2.24, 2.45) is 5.92 Å². The van der Waals surface area contributed by atoms with Crippen LogP contribution < -0.4 is 20.4 Å². The van der Waals surface area contributed by atoms with E-state index in [0.717, 1.165) is 29.8 Å². The molecule has 3 aromatic rings. The molecule has 5 rings (SSSR count). The average molecular weight is 547 g/mol. The molecule has 40 heavy (non-hydrogen) atoms. The lowest BCUT2D eigenvalue weighted by molar-refractivity contribution is -0.142. The van der Waals surface area contributed by atoms with Crippen LogP contribution in [-0.4, -0.2) is 72.3 Å². The molecule has 2 saturated heterocycles. The summed E-state index contributed by atoms with van der Waals surface area (Å²) in [6, 6.07) is 14.9. The first-order valence-corrected chi connectivity index (χ1v) is 13.8. The number of piperazine rings is 1. The number of hydrogen-bond donors (Lipinski definition) is 3. The molecule has 9 nitrogen and oxygen atoms in total. The minimum Gasteiger partial charge on any atom is -0.480 e. The third-order valence-corrected chi connectivity index (χ3v) is 7.65. The number of carboxylic acid groups (broad SMARTS) is 1. The van der Waals surface area contributed by atoms with Crippen LogP contribution in [0.3, 0.4) is 0 Å². The molecule has 3 heterocycles. The van der Waals surface area contributed by atoms with Crippen LogP contribution >= 0.6 is 0 Å². The third kappa shape index (κ3) is 6.39. The second kappa shape index (κ2) is 12.4. The van der Waals surface area contributed by atoms with Gasteiger partial charge in [0.1, 0.15) is 12.4 Å². The molecule has 0 bridgehead atoms. The number of hydrogen-bond acceptors (Lipinski definition) is 7. The molecule has 0 aliphatic carbocycles. The van der Waals surface area contributed by atoms with E-state index in [-0.39, 0.29) is 30.5 Å². The Balaban J connectivity index is 1.23. The largest absolute Gasteiger partial charge is 0.480 e. The van der Waals surface area contributed by atoms with Gasteiger partial charge in [-0.05, 0) is 36.5 Å². The Bertz CT molecular complexity index is 1330. The van der Waals surface area contributed by atoms with E-state index in [1.807, 2.05) is 36.1 Å². The van der Waals surface area contributed by atoms with Crippen molar-refractivity contribution in [1.29, 1.82) is 0 Å². The maximum absolute atomic E-state index is 15.5. The number of halogens is 1. The fraction of sp³-hybridized carbons (Fsp3) is 0.400. The van der Waals surface area contributed by atoms with Crippen molar-refractivity contribution in [2.75, 3.05) is 49.1 Å². The average Bonchev–Trinajstić information content (AvgIpc) is 2.98. The van der Waals surface area contributed by atoms with Crippen LogP contribution in [0.15, 0.2) is 54.9 Å². The SMILES string of the molecule is Cc1ccc(-c2ccc(C[C@H](NC(=O)C3CCCN(c4ncnc(N5CCNCC5)c4F)C3)C(=O)O)cc2)cc1. The first kappa shape index (κ1) is 27.5. The van der Waals surface area contributed by atoms with Gasteiger partial charge in [-0.25, -0.2) is 14.8 Å². The molecule has 210 valence electrons. The molecule has 0 spiro atoms. The number of amides is 1. The number of piperidine rings is 1. The van der Waals surface area contributed by atoms with Gasteiger partial charge in [0, 0.05) is 45.7 Å². The maximum Gasteiger partial charge on any atom is 0.326 e. The number of aryl methyl sites for hydroxylation is 1. The Morgan fingerprint density at radius 3 is 2.27 bits per heavy atom. The second-order valence-electron chi connectivity index (χ2n) is 10.5. The van der Waals surface area contributed by atoms with Crippen molar-refractivity contribution < 1.29 is 19.1 Å². The van der Waals surface area contributed by atoms with E-state index in [1.54, 1.807) is 4.90 Å². The molecular weight excluding hydrogens is 511 g/mol. The second-order valence-corrected chi connectivity index (χ2v) is 10.5. The van der Waals surface area contributed by atoms with Gasteiger partial charge < -0.3 is 25.5 Å². The van der Waals surface area contributed by atoms with Gasteiger partial charge in [-0.15, -0.1) is 0 Å². The standard InChI is InChI=1S/C30H35FN6O3/c1-20-4-8-22(9-5-20)23-10-6-21(7-11-23)17-25(30(39)40)35-29(38)24-3-2-14-37(18-24)28-26(31)27(33-19-34-28)36-15-12-32-13-16-36/h4-11,19,24-25,32H,2-3,12-18H2,1H3,(H,35,38)(H,39,40)/t24?,25-/m0/s1. The van der Waals surface area contributed by atoms with E-state index >= 15 is 4.39 Å². The van der Waals surface area contributed by atoms with E-state index in [9.17, 15) is 14.7 Å². The molecule has 2 fully saturated rings. The van der Waals surface area contributed by atoms with Gasteiger partial charge in [-0.3, -0.25) is 4.79 Å². The number of anilines is 2. The summed E-state index contributed by atoms with van der Waals surface area (Å²) in [7, 11) is 0. The number of rotatable bonds is 8. The van der Waals surface area contributed by atoms with Crippen molar-refractivity contribution in [2.45, 2.75) is 32.2 Å². The quantitative estimate of drug-likeness (QED) is 0.396. The first-order valence-electron chi connectivity index (χ1n) is 13.8. The molecule has 10 heteroatoms. The molecule has 2 aliphatic rings. The smallest absolute Gasteiger partial charge is 0.326 e. The highest BCUT2D eigenvalue weighted by molar-refractivity contribution is 5.85. The van der Waals surface area contributed by atoms with Gasteiger partial charge in [0.25, 0.3) is 0 Å². The molecular formula is C30H35FN6O3. The topological polar surface area (TPSA) is 111 Å². The minimum absolute atomic E-state index is 0.167. The number of carbonyl (C=O) groups is 2. The van der Waals surface area contributed by atoms with Crippen molar-refractivity contribution >= 4 is 23.5 Å². The molecule has 2 aromatic carbocycles. The summed E-state index contributed by atoms with van der Waals surface area (Å²) in [6.45, 7) is 5.69. The van der Waals surface area contributed by atoms with Crippen LogP contribution in [0, 0.1) is 18.7 Å². The molecule has 3 N–H and O–H groups in total. The zero-order chi connectivity index (χ0) is 28.1. The molecule has 0 radical (unpaired) electrons.